The lowest BCUT2D eigenvalue weighted by atomic mass is 9.68. The van der Waals surface area contributed by atoms with Gasteiger partial charge < -0.3 is 14.6 Å². The fourth-order valence-corrected chi connectivity index (χ4v) is 6.61. The molecule has 1 aromatic carbocycles. The largest absolute Gasteiger partial charge is 0.462 e. The molecule has 1 unspecified atom stereocenters. The minimum atomic E-state index is -1.36. The molecule has 0 bridgehead atoms. The third kappa shape index (κ3) is 10.6. The van der Waals surface area contributed by atoms with Gasteiger partial charge in [0.15, 0.2) is 0 Å². The zero-order valence-electron chi connectivity index (χ0n) is 26.4. The monoisotopic (exact) mass is 578 g/mol. The van der Waals surface area contributed by atoms with Gasteiger partial charge in [-0.3, -0.25) is 0 Å². The van der Waals surface area contributed by atoms with E-state index >= 15 is 0 Å². The van der Waals surface area contributed by atoms with Crippen molar-refractivity contribution in [1.82, 2.24) is 0 Å². The molecule has 2 fully saturated rings. The normalized spacial score (nSPS) is 23.4. The highest BCUT2D eigenvalue weighted by Crippen LogP contribution is 2.44. The van der Waals surface area contributed by atoms with E-state index in [1.165, 1.54) is 89.2 Å². The molecule has 0 spiro atoms. The number of hydrogen-bond donors (Lipinski definition) is 1. The Labute approximate surface area is 254 Å². The lowest BCUT2D eigenvalue weighted by Gasteiger charge is -2.38. The van der Waals surface area contributed by atoms with E-state index < -0.39 is 17.5 Å². The molecule has 42 heavy (non-hydrogen) atoms. The number of rotatable bonds is 15. The van der Waals surface area contributed by atoms with Crippen LogP contribution in [0.3, 0.4) is 0 Å². The molecule has 5 heteroatoms. The van der Waals surface area contributed by atoms with Crippen molar-refractivity contribution in [2.75, 3.05) is 13.2 Å². The van der Waals surface area contributed by atoms with Crippen LogP contribution in [0.1, 0.15) is 108 Å². The standard InChI is InChI=1S/C37H54O5/c1-7-8-9-28-12-16-31(17-13-28)33-20-22-34(23-21-33)32-18-14-29(15-19-32)10-11-30(24-41-35(38)26(2)3)25-42-36(39)27(4)37(5,6)40/h7,14-15,18-19,28,30-31,33-34,40H,1-2,4,8-13,16-17,20-25H2,3,5-6H3. The van der Waals surface area contributed by atoms with Crippen molar-refractivity contribution in [2.45, 2.75) is 109 Å². The van der Waals surface area contributed by atoms with E-state index in [1.54, 1.807) is 6.92 Å². The molecule has 3 rings (SSSR count). The van der Waals surface area contributed by atoms with E-state index in [1.807, 2.05) is 0 Å². The van der Waals surface area contributed by atoms with Crippen LogP contribution in [0, 0.1) is 23.7 Å². The topological polar surface area (TPSA) is 72.8 Å². The molecule has 0 saturated heterocycles. The minimum Gasteiger partial charge on any atom is -0.462 e. The first kappa shape index (κ1) is 33.8. The maximum atomic E-state index is 12.4. The Hall–Kier alpha value is -2.66. The van der Waals surface area contributed by atoms with Gasteiger partial charge in [0.25, 0.3) is 0 Å². The van der Waals surface area contributed by atoms with Gasteiger partial charge in [-0.1, -0.05) is 56.3 Å². The van der Waals surface area contributed by atoms with Crippen molar-refractivity contribution in [2.24, 2.45) is 23.7 Å². The second-order valence-electron chi connectivity index (χ2n) is 13.4. The molecule has 1 atom stereocenters. The number of aryl methyl sites for hydroxylation is 1. The van der Waals surface area contributed by atoms with Crippen molar-refractivity contribution in [1.29, 1.82) is 0 Å². The van der Waals surface area contributed by atoms with Crippen molar-refractivity contribution in [3.63, 3.8) is 0 Å². The predicted octanol–water partition coefficient (Wildman–Crippen LogP) is 8.27. The smallest absolute Gasteiger partial charge is 0.336 e. The highest BCUT2D eigenvalue weighted by Gasteiger charge is 2.31. The fourth-order valence-electron chi connectivity index (χ4n) is 6.61. The summed E-state index contributed by atoms with van der Waals surface area (Å²) in [5, 5.41) is 10.1. The second kappa shape index (κ2) is 16.3. The average Bonchev–Trinajstić information content (AvgIpc) is 2.99. The summed E-state index contributed by atoms with van der Waals surface area (Å²) >= 11 is 0. The number of carbonyl (C=O) groups excluding carboxylic acids is 2. The van der Waals surface area contributed by atoms with E-state index in [-0.39, 0.29) is 24.7 Å². The van der Waals surface area contributed by atoms with E-state index in [0.717, 1.165) is 24.2 Å². The maximum absolute atomic E-state index is 12.4. The van der Waals surface area contributed by atoms with Gasteiger partial charge in [0, 0.05) is 11.5 Å². The summed E-state index contributed by atoms with van der Waals surface area (Å²) in [6, 6.07) is 9.00. The summed E-state index contributed by atoms with van der Waals surface area (Å²) in [5.41, 5.74) is 1.62. The number of esters is 2. The first-order valence-corrected chi connectivity index (χ1v) is 16.1. The molecule has 232 valence electrons. The van der Waals surface area contributed by atoms with Crippen LogP contribution in [0.2, 0.25) is 0 Å². The van der Waals surface area contributed by atoms with Gasteiger partial charge in [0.2, 0.25) is 0 Å². The van der Waals surface area contributed by atoms with Crippen LogP contribution in [-0.4, -0.2) is 35.9 Å². The SMILES string of the molecule is C=CCCC1CCC(C2CCC(c3ccc(CCC(COC(=O)C(=C)C)COC(=O)C(=C)C(C)(C)O)cc3)CC2)CC1. The second-order valence-corrected chi connectivity index (χ2v) is 13.4. The number of ether oxygens (including phenoxy) is 2. The Bertz CT molecular complexity index is 1050. The van der Waals surface area contributed by atoms with E-state index in [2.05, 4.69) is 50.1 Å². The van der Waals surface area contributed by atoms with Crippen LogP contribution in [0.5, 0.6) is 0 Å². The zero-order valence-corrected chi connectivity index (χ0v) is 26.4. The van der Waals surface area contributed by atoms with Crippen molar-refractivity contribution < 1.29 is 24.2 Å². The summed E-state index contributed by atoms with van der Waals surface area (Å²) in [7, 11) is 0. The van der Waals surface area contributed by atoms with Crippen molar-refractivity contribution in [3.05, 3.63) is 72.4 Å². The first-order valence-electron chi connectivity index (χ1n) is 16.1. The Morgan fingerprint density at radius 3 is 2.00 bits per heavy atom. The summed E-state index contributed by atoms with van der Waals surface area (Å²) in [6.07, 6.45) is 17.0. The van der Waals surface area contributed by atoms with Gasteiger partial charge in [-0.15, -0.1) is 6.58 Å². The molecular formula is C37H54O5. The number of hydrogen-bond acceptors (Lipinski definition) is 5. The minimum absolute atomic E-state index is 0.00330. The lowest BCUT2D eigenvalue weighted by molar-refractivity contribution is -0.145. The number of aliphatic hydroxyl groups is 1. The Kier molecular flexibility index (Phi) is 13.1. The maximum Gasteiger partial charge on any atom is 0.336 e. The lowest BCUT2D eigenvalue weighted by Crippen LogP contribution is -2.30. The van der Waals surface area contributed by atoms with Crippen molar-refractivity contribution >= 4 is 11.9 Å². The molecule has 5 nitrogen and oxygen atoms in total. The molecular weight excluding hydrogens is 524 g/mol. The van der Waals surface area contributed by atoms with E-state index in [0.29, 0.717) is 17.9 Å². The van der Waals surface area contributed by atoms with Crippen LogP contribution in [0.25, 0.3) is 0 Å². The Morgan fingerprint density at radius 1 is 0.929 bits per heavy atom. The summed E-state index contributed by atoms with van der Waals surface area (Å²) in [4.78, 5) is 24.3. The van der Waals surface area contributed by atoms with Gasteiger partial charge >= 0.3 is 11.9 Å². The van der Waals surface area contributed by atoms with Crippen molar-refractivity contribution in [3.8, 4) is 0 Å². The third-order valence-corrected chi connectivity index (χ3v) is 9.63. The van der Waals surface area contributed by atoms with Crippen LogP contribution in [-0.2, 0) is 25.5 Å². The average molecular weight is 579 g/mol. The molecule has 2 saturated carbocycles. The number of allylic oxidation sites excluding steroid dienone is 1. The van der Waals surface area contributed by atoms with Crippen LogP contribution >= 0.6 is 0 Å². The van der Waals surface area contributed by atoms with E-state index in [4.69, 9.17) is 9.47 Å². The number of carbonyl (C=O) groups is 2. The molecule has 1 aromatic rings. The first-order chi connectivity index (χ1) is 20.0. The Balaban J connectivity index is 1.47. The highest BCUT2D eigenvalue weighted by atomic mass is 16.5. The van der Waals surface area contributed by atoms with Gasteiger partial charge in [0.05, 0.1) is 24.4 Å². The fraction of sp³-hybridized carbons (Fsp3) is 0.622. The van der Waals surface area contributed by atoms with Crippen LogP contribution in [0.4, 0.5) is 0 Å². The van der Waals surface area contributed by atoms with Gasteiger partial charge in [0.1, 0.15) is 0 Å². The number of benzene rings is 1. The highest BCUT2D eigenvalue weighted by molar-refractivity contribution is 5.89. The molecule has 0 aliphatic heterocycles. The predicted molar refractivity (Wildman–Crippen MR) is 170 cm³/mol. The molecule has 0 radical (unpaired) electrons. The summed E-state index contributed by atoms with van der Waals surface area (Å²) in [6.45, 7) is 16.0. The van der Waals surface area contributed by atoms with Crippen LogP contribution in [0.15, 0.2) is 61.2 Å². The molecule has 0 amide bonds. The molecule has 2 aliphatic carbocycles. The quantitative estimate of drug-likeness (QED) is 0.129. The van der Waals surface area contributed by atoms with Crippen LogP contribution < -0.4 is 0 Å². The third-order valence-electron chi connectivity index (χ3n) is 9.63. The molecule has 1 N–H and O–H groups in total. The van der Waals surface area contributed by atoms with Gasteiger partial charge in [-0.2, -0.15) is 0 Å². The molecule has 0 aromatic heterocycles. The molecule has 2 aliphatic rings. The van der Waals surface area contributed by atoms with Gasteiger partial charge in [-0.25, -0.2) is 9.59 Å². The molecule has 0 heterocycles. The van der Waals surface area contributed by atoms with E-state index in [9.17, 15) is 14.7 Å². The Morgan fingerprint density at radius 2 is 1.48 bits per heavy atom. The summed E-state index contributed by atoms with van der Waals surface area (Å²) < 4.78 is 10.8. The zero-order chi connectivity index (χ0) is 30.7. The van der Waals surface area contributed by atoms with Gasteiger partial charge in [-0.05, 0) is 120 Å². The summed E-state index contributed by atoms with van der Waals surface area (Å²) in [5.74, 6) is 2.13.